The molecular weight excluding hydrogens is 266 g/mol. The SMILES string of the molecule is C=CCC(O)(CCN1CCOCC1)c1ccc(OC)cc1. The first kappa shape index (κ1) is 16.0. The third-order valence-electron chi connectivity index (χ3n) is 4.05. The smallest absolute Gasteiger partial charge is 0.118 e. The summed E-state index contributed by atoms with van der Waals surface area (Å²) < 4.78 is 10.5. The molecule has 1 aromatic carbocycles. The molecule has 1 aromatic rings. The van der Waals surface area contributed by atoms with Crippen LogP contribution in [-0.4, -0.2) is 50.0 Å². The molecule has 4 nitrogen and oxygen atoms in total. The highest BCUT2D eigenvalue weighted by atomic mass is 16.5. The van der Waals surface area contributed by atoms with Crippen molar-refractivity contribution in [1.29, 1.82) is 0 Å². The summed E-state index contributed by atoms with van der Waals surface area (Å²) in [5.74, 6) is 0.799. The maximum atomic E-state index is 11.0. The van der Waals surface area contributed by atoms with Crippen molar-refractivity contribution in [3.8, 4) is 5.75 Å². The summed E-state index contributed by atoms with van der Waals surface area (Å²) in [4.78, 5) is 2.33. The zero-order valence-electron chi connectivity index (χ0n) is 12.8. The van der Waals surface area contributed by atoms with Crippen LogP contribution in [0.4, 0.5) is 0 Å². The number of morpholine rings is 1. The van der Waals surface area contributed by atoms with Crippen LogP contribution in [0.5, 0.6) is 5.75 Å². The van der Waals surface area contributed by atoms with E-state index in [1.165, 1.54) is 0 Å². The van der Waals surface area contributed by atoms with Crippen molar-refractivity contribution in [3.05, 3.63) is 42.5 Å². The summed E-state index contributed by atoms with van der Waals surface area (Å²) in [5, 5.41) is 11.0. The molecule has 1 unspecified atom stereocenters. The fourth-order valence-corrected chi connectivity index (χ4v) is 2.67. The van der Waals surface area contributed by atoms with E-state index in [4.69, 9.17) is 9.47 Å². The molecule has 1 N–H and O–H groups in total. The number of hydrogen-bond acceptors (Lipinski definition) is 4. The molecular formula is C17H25NO3. The summed E-state index contributed by atoms with van der Waals surface area (Å²) in [6.45, 7) is 8.08. The van der Waals surface area contributed by atoms with Crippen LogP contribution in [0.1, 0.15) is 18.4 Å². The number of ether oxygens (including phenoxy) is 2. The summed E-state index contributed by atoms with van der Waals surface area (Å²) in [6, 6.07) is 7.64. The second-order valence-electron chi connectivity index (χ2n) is 5.46. The zero-order valence-corrected chi connectivity index (χ0v) is 12.8. The molecule has 0 aromatic heterocycles. The van der Waals surface area contributed by atoms with Crippen LogP contribution in [0.2, 0.25) is 0 Å². The first-order valence-corrected chi connectivity index (χ1v) is 7.46. The van der Waals surface area contributed by atoms with E-state index in [-0.39, 0.29) is 0 Å². The normalized spacial score (nSPS) is 19.0. The lowest BCUT2D eigenvalue weighted by Gasteiger charge is -2.33. The third kappa shape index (κ3) is 4.30. The predicted molar refractivity (Wildman–Crippen MR) is 83.6 cm³/mol. The molecule has 2 rings (SSSR count). The molecule has 0 saturated carbocycles. The van der Waals surface area contributed by atoms with E-state index in [2.05, 4.69) is 11.5 Å². The first-order chi connectivity index (χ1) is 10.2. The highest BCUT2D eigenvalue weighted by Crippen LogP contribution is 2.31. The highest BCUT2D eigenvalue weighted by Gasteiger charge is 2.28. The van der Waals surface area contributed by atoms with Crippen molar-refractivity contribution in [1.82, 2.24) is 4.90 Å². The topological polar surface area (TPSA) is 41.9 Å². The van der Waals surface area contributed by atoms with Crippen molar-refractivity contribution in [2.75, 3.05) is 40.0 Å². The van der Waals surface area contributed by atoms with Crippen molar-refractivity contribution in [2.24, 2.45) is 0 Å². The Morgan fingerprint density at radius 3 is 2.57 bits per heavy atom. The molecule has 1 aliphatic rings. The van der Waals surface area contributed by atoms with Crippen LogP contribution in [0.15, 0.2) is 36.9 Å². The number of rotatable bonds is 7. The number of methoxy groups -OCH3 is 1. The molecule has 1 heterocycles. The quantitative estimate of drug-likeness (QED) is 0.782. The number of benzene rings is 1. The molecule has 21 heavy (non-hydrogen) atoms. The van der Waals surface area contributed by atoms with Gasteiger partial charge in [0.25, 0.3) is 0 Å². The summed E-state index contributed by atoms with van der Waals surface area (Å²) in [5.41, 5.74) is 0.0447. The lowest BCUT2D eigenvalue weighted by Crippen LogP contribution is -2.39. The lowest BCUT2D eigenvalue weighted by atomic mass is 9.87. The maximum Gasteiger partial charge on any atom is 0.118 e. The van der Waals surface area contributed by atoms with E-state index in [1.54, 1.807) is 13.2 Å². The summed E-state index contributed by atoms with van der Waals surface area (Å²) in [6.07, 6.45) is 3.01. The fourth-order valence-electron chi connectivity index (χ4n) is 2.67. The fraction of sp³-hybridized carbons (Fsp3) is 0.529. The largest absolute Gasteiger partial charge is 0.497 e. The van der Waals surface area contributed by atoms with E-state index >= 15 is 0 Å². The molecule has 0 spiro atoms. The van der Waals surface area contributed by atoms with Crippen LogP contribution in [0.3, 0.4) is 0 Å². The third-order valence-corrected chi connectivity index (χ3v) is 4.05. The minimum absolute atomic E-state index is 0.545. The second kappa shape index (κ2) is 7.59. The monoisotopic (exact) mass is 291 g/mol. The summed E-state index contributed by atoms with van der Waals surface area (Å²) >= 11 is 0. The predicted octanol–water partition coefficient (Wildman–Crippen LogP) is 2.18. The average Bonchev–Trinajstić information content (AvgIpc) is 2.54. The van der Waals surface area contributed by atoms with E-state index in [0.717, 1.165) is 44.2 Å². The Morgan fingerprint density at radius 2 is 2.00 bits per heavy atom. The molecule has 0 radical (unpaired) electrons. The first-order valence-electron chi connectivity index (χ1n) is 7.46. The molecule has 0 amide bonds. The Labute approximate surface area is 127 Å². The number of aliphatic hydroxyl groups is 1. The van der Waals surface area contributed by atoms with Gasteiger partial charge in [0.2, 0.25) is 0 Å². The number of hydrogen-bond donors (Lipinski definition) is 1. The van der Waals surface area contributed by atoms with Crippen LogP contribution in [0, 0.1) is 0 Å². The summed E-state index contributed by atoms with van der Waals surface area (Å²) in [7, 11) is 1.64. The van der Waals surface area contributed by atoms with Crippen molar-refractivity contribution >= 4 is 0 Å². The standard InChI is InChI=1S/C17H25NO3/c1-3-8-17(19,9-10-18-11-13-21-14-12-18)15-4-6-16(20-2)7-5-15/h3-7,19H,1,8-14H2,2H3. The van der Waals surface area contributed by atoms with Gasteiger partial charge in [-0.1, -0.05) is 18.2 Å². The van der Waals surface area contributed by atoms with E-state index < -0.39 is 5.60 Å². The van der Waals surface area contributed by atoms with Crippen molar-refractivity contribution in [2.45, 2.75) is 18.4 Å². The molecule has 0 aliphatic carbocycles. The van der Waals surface area contributed by atoms with Gasteiger partial charge in [-0.2, -0.15) is 0 Å². The Morgan fingerprint density at radius 1 is 1.33 bits per heavy atom. The molecule has 1 fully saturated rings. The molecule has 1 aliphatic heterocycles. The Balaban J connectivity index is 2.04. The van der Waals surface area contributed by atoms with Gasteiger partial charge in [0.15, 0.2) is 0 Å². The van der Waals surface area contributed by atoms with Crippen LogP contribution in [-0.2, 0) is 10.3 Å². The number of nitrogens with zero attached hydrogens (tertiary/aromatic N) is 1. The molecule has 1 atom stereocenters. The van der Waals surface area contributed by atoms with Crippen molar-refractivity contribution < 1.29 is 14.6 Å². The van der Waals surface area contributed by atoms with Gasteiger partial charge in [0, 0.05) is 19.6 Å². The minimum atomic E-state index is -0.869. The Hall–Kier alpha value is -1.36. The van der Waals surface area contributed by atoms with E-state index in [1.807, 2.05) is 24.3 Å². The highest BCUT2D eigenvalue weighted by molar-refractivity contribution is 5.31. The Kier molecular flexibility index (Phi) is 5.79. The second-order valence-corrected chi connectivity index (χ2v) is 5.46. The zero-order chi connectivity index (χ0) is 15.1. The molecule has 0 bridgehead atoms. The van der Waals surface area contributed by atoms with Gasteiger partial charge >= 0.3 is 0 Å². The van der Waals surface area contributed by atoms with Gasteiger partial charge < -0.3 is 14.6 Å². The average molecular weight is 291 g/mol. The van der Waals surface area contributed by atoms with Crippen molar-refractivity contribution in [3.63, 3.8) is 0 Å². The van der Waals surface area contributed by atoms with Gasteiger partial charge in [-0.25, -0.2) is 0 Å². The van der Waals surface area contributed by atoms with Gasteiger partial charge in [-0.05, 0) is 30.5 Å². The lowest BCUT2D eigenvalue weighted by molar-refractivity contribution is -0.00297. The molecule has 1 saturated heterocycles. The van der Waals surface area contributed by atoms with Crippen LogP contribution < -0.4 is 4.74 Å². The van der Waals surface area contributed by atoms with Gasteiger partial charge in [0.1, 0.15) is 5.75 Å². The Bertz CT molecular complexity index is 440. The van der Waals surface area contributed by atoms with Crippen LogP contribution >= 0.6 is 0 Å². The minimum Gasteiger partial charge on any atom is -0.497 e. The van der Waals surface area contributed by atoms with Crippen LogP contribution in [0.25, 0.3) is 0 Å². The van der Waals surface area contributed by atoms with E-state index in [0.29, 0.717) is 12.8 Å². The molecule has 116 valence electrons. The maximum absolute atomic E-state index is 11.0. The molecule has 4 heteroatoms. The van der Waals surface area contributed by atoms with Gasteiger partial charge in [0.05, 0.1) is 25.9 Å². The van der Waals surface area contributed by atoms with Gasteiger partial charge in [-0.15, -0.1) is 6.58 Å². The van der Waals surface area contributed by atoms with E-state index in [9.17, 15) is 5.11 Å². The van der Waals surface area contributed by atoms with Gasteiger partial charge in [-0.3, -0.25) is 4.90 Å².